The maximum absolute atomic E-state index is 10.3. The van der Waals surface area contributed by atoms with Crippen LogP contribution in [0.1, 0.15) is 43.2 Å². The Morgan fingerprint density at radius 1 is 1.40 bits per heavy atom. The lowest BCUT2D eigenvalue weighted by molar-refractivity contribution is 0.170. The third-order valence-corrected chi connectivity index (χ3v) is 4.47. The summed E-state index contributed by atoms with van der Waals surface area (Å²) in [5.41, 5.74) is 3.02. The summed E-state index contributed by atoms with van der Waals surface area (Å²) >= 11 is 0. The highest BCUT2D eigenvalue weighted by Crippen LogP contribution is 2.22. The highest BCUT2D eigenvalue weighted by atomic mass is 16.3. The van der Waals surface area contributed by atoms with Crippen molar-refractivity contribution in [2.75, 3.05) is 6.54 Å². The maximum atomic E-state index is 10.3. The lowest BCUT2D eigenvalue weighted by Gasteiger charge is -2.16. The smallest absolute Gasteiger partial charge is 0.106 e. The summed E-state index contributed by atoms with van der Waals surface area (Å²) in [6.45, 7) is 2.62. The summed E-state index contributed by atoms with van der Waals surface area (Å²) in [4.78, 5) is 4.52. The van der Waals surface area contributed by atoms with Crippen LogP contribution in [0.5, 0.6) is 0 Å². The fourth-order valence-electron chi connectivity index (χ4n) is 3.07. The van der Waals surface area contributed by atoms with E-state index >= 15 is 0 Å². The minimum Gasteiger partial charge on any atom is -0.387 e. The maximum Gasteiger partial charge on any atom is 0.106 e. The van der Waals surface area contributed by atoms with Crippen LogP contribution < -0.4 is 5.32 Å². The molecule has 0 saturated heterocycles. The molecule has 1 heterocycles. The van der Waals surface area contributed by atoms with Crippen LogP contribution in [0.4, 0.5) is 0 Å². The number of rotatable bonds is 4. The third-order valence-electron chi connectivity index (χ3n) is 4.47. The van der Waals surface area contributed by atoms with Crippen molar-refractivity contribution in [3.05, 3.63) is 29.6 Å². The van der Waals surface area contributed by atoms with Crippen molar-refractivity contribution in [1.82, 2.24) is 14.9 Å². The quantitative estimate of drug-likeness (QED) is 0.899. The molecule has 1 aliphatic rings. The number of nitrogens with one attached hydrogen (secondary N) is 1. The number of hydrogen-bond donors (Lipinski definition) is 2. The molecule has 1 aromatic heterocycles. The molecule has 1 aromatic carbocycles. The summed E-state index contributed by atoms with van der Waals surface area (Å²) in [6.07, 6.45) is 4.65. The Labute approximate surface area is 119 Å². The molecule has 20 heavy (non-hydrogen) atoms. The van der Waals surface area contributed by atoms with E-state index in [2.05, 4.69) is 14.9 Å². The Bertz CT molecular complexity index is 599. The molecule has 4 nitrogen and oxygen atoms in total. The number of aliphatic hydroxyl groups is 1. The first-order valence-corrected chi connectivity index (χ1v) is 7.49. The molecule has 108 valence electrons. The molecular weight excluding hydrogens is 250 g/mol. The Kier molecular flexibility index (Phi) is 3.76. The number of aromatic nitrogens is 2. The SMILES string of the molecule is Cc1nc2cc(C(O)CNC3CCCC3)ccc2n1C. The third kappa shape index (κ3) is 2.58. The van der Waals surface area contributed by atoms with E-state index in [1.54, 1.807) is 0 Å². The highest BCUT2D eigenvalue weighted by molar-refractivity contribution is 5.76. The molecule has 0 aliphatic heterocycles. The molecule has 0 amide bonds. The van der Waals surface area contributed by atoms with E-state index in [0.717, 1.165) is 22.4 Å². The van der Waals surface area contributed by atoms with Crippen LogP contribution in [-0.4, -0.2) is 27.2 Å². The lowest BCUT2D eigenvalue weighted by atomic mass is 10.1. The topological polar surface area (TPSA) is 50.1 Å². The normalized spacial score (nSPS) is 17.9. The molecule has 0 spiro atoms. The van der Waals surface area contributed by atoms with Gasteiger partial charge in [0, 0.05) is 19.6 Å². The van der Waals surface area contributed by atoms with E-state index in [1.165, 1.54) is 25.7 Å². The molecule has 0 bridgehead atoms. The Balaban J connectivity index is 1.72. The van der Waals surface area contributed by atoms with Crippen LogP contribution in [-0.2, 0) is 7.05 Å². The van der Waals surface area contributed by atoms with Gasteiger partial charge in [0.15, 0.2) is 0 Å². The largest absolute Gasteiger partial charge is 0.387 e. The van der Waals surface area contributed by atoms with Gasteiger partial charge >= 0.3 is 0 Å². The lowest BCUT2D eigenvalue weighted by Crippen LogP contribution is -2.30. The van der Waals surface area contributed by atoms with E-state index in [-0.39, 0.29) is 0 Å². The monoisotopic (exact) mass is 273 g/mol. The summed E-state index contributed by atoms with van der Waals surface area (Å²) < 4.78 is 2.07. The predicted octanol–water partition coefficient (Wildman–Crippen LogP) is 2.45. The second kappa shape index (κ2) is 5.54. The zero-order valence-electron chi connectivity index (χ0n) is 12.3. The Hall–Kier alpha value is -1.39. The number of nitrogens with zero attached hydrogens (tertiary/aromatic N) is 2. The molecular formula is C16H23N3O. The van der Waals surface area contributed by atoms with Crippen LogP contribution in [0.2, 0.25) is 0 Å². The van der Waals surface area contributed by atoms with Gasteiger partial charge < -0.3 is 15.0 Å². The van der Waals surface area contributed by atoms with Crippen molar-refractivity contribution in [1.29, 1.82) is 0 Å². The minimum absolute atomic E-state index is 0.456. The van der Waals surface area contributed by atoms with Crippen molar-refractivity contribution in [2.24, 2.45) is 7.05 Å². The van der Waals surface area contributed by atoms with Crippen LogP contribution in [0, 0.1) is 6.92 Å². The molecule has 1 atom stereocenters. The number of hydrogen-bond acceptors (Lipinski definition) is 3. The Morgan fingerprint density at radius 3 is 2.90 bits per heavy atom. The number of fused-ring (bicyclic) bond motifs is 1. The van der Waals surface area contributed by atoms with E-state index in [1.807, 2.05) is 32.2 Å². The van der Waals surface area contributed by atoms with Crippen molar-refractivity contribution in [3.8, 4) is 0 Å². The molecule has 1 aliphatic carbocycles. The van der Waals surface area contributed by atoms with Gasteiger partial charge in [0.1, 0.15) is 5.82 Å². The summed E-state index contributed by atoms with van der Waals surface area (Å²) in [5.74, 6) is 0.996. The van der Waals surface area contributed by atoms with Gasteiger partial charge in [-0.3, -0.25) is 0 Å². The molecule has 2 N–H and O–H groups in total. The van der Waals surface area contributed by atoms with Crippen molar-refractivity contribution < 1.29 is 5.11 Å². The van der Waals surface area contributed by atoms with E-state index < -0.39 is 6.10 Å². The van der Waals surface area contributed by atoms with Crippen LogP contribution in [0.3, 0.4) is 0 Å². The molecule has 1 fully saturated rings. The van der Waals surface area contributed by atoms with Gasteiger partial charge in [-0.25, -0.2) is 4.98 Å². The Morgan fingerprint density at radius 2 is 2.15 bits per heavy atom. The first-order chi connectivity index (χ1) is 9.65. The minimum atomic E-state index is -0.456. The second-order valence-electron chi connectivity index (χ2n) is 5.87. The van der Waals surface area contributed by atoms with Crippen molar-refractivity contribution >= 4 is 11.0 Å². The van der Waals surface area contributed by atoms with Crippen LogP contribution >= 0.6 is 0 Å². The number of aliphatic hydroxyl groups excluding tert-OH is 1. The van der Waals surface area contributed by atoms with Gasteiger partial charge in [0.05, 0.1) is 17.1 Å². The van der Waals surface area contributed by atoms with Crippen molar-refractivity contribution in [2.45, 2.75) is 44.8 Å². The average molecular weight is 273 g/mol. The molecule has 2 aromatic rings. The molecule has 3 rings (SSSR count). The molecule has 4 heteroatoms. The number of benzene rings is 1. The molecule has 1 saturated carbocycles. The van der Waals surface area contributed by atoms with Gasteiger partial charge in [-0.15, -0.1) is 0 Å². The number of imidazole rings is 1. The first kappa shape index (κ1) is 13.6. The standard InChI is InChI=1S/C16H23N3O/c1-11-18-14-9-12(7-8-15(14)19(11)2)16(20)10-17-13-5-3-4-6-13/h7-9,13,16-17,20H,3-6,10H2,1-2H3. The van der Waals surface area contributed by atoms with E-state index in [4.69, 9.17) is 0 Å². The predicted molar refractivity (Wildman–Crippen MR) is 80.7 cm³/mol. The van der Waals surface area contributed by atoms with Gasteiger partial charge in [-0.2, -0.15) is 0 Å². The fourth-order valence-corrected chi connectivity index (χ4v) is 3.07. The summed E-state index contributed by atoms with van der Waals surface area (Å²) in [5, 5.41) is 13.8. The average Bonchev–Trinajstić information content (AvgIpc) is 3.05. The van der Waals surface area contributed by atoms with E-state index in [9.17, 15) is 5.11 Å². The summed E-state index contributed by atoms with van der Waals surface area (Å²) in [7, 11) is 2.02. The zero-order valence-corrected chi connectivity index (χ0v) is 12.3. The van der Waals surface area contributed by atoms with Gasteiger partial charge in [-0.1, -0.05) is 18.9 Å². The first-order valence-electron chi connectivity index (χ1n) is 7.49. The molecule has 0 radical (unpaired) electrons. The zero-order chi connectivity index (χ0) is 14.1. The van der Waals surface area contributed by atoms with Crippen LogP contribution in [0.25, 0.3) is 11.0 Å². The number of aryl methyl sites for hydroxylation is 2. The highest BCUT2D eigenvalue weighted by Gasteiger charge is 2.17. The summed E-state index contributed by atoms with van der Waals surface area (Å²) in [6, 6.07) is 6.64. The molecule has 1 unspecified atom stereocenters. The van der Waals surface area contributed by atoms with Crippen LogP contribution in [0.15, 0.2) is 18.2 Å². The van der Waals surface area contributed by atoms with Gasteiger partial charge in [0.25, 0.3) is 0 Å². The van der Waals surface area contributed by atoms with E-state index in [0.29, 0.717) is 12.6 Å². The van der Waals surface area contributed by atoms with Gasteiger partial charge in [0.2, 0.25) is 0 Å². The fraction of sp³-hybridized carbons (Fsp3) is 0.562. The van der Waals surface area contributed by atoms with Gasteiger partial charge in [-0.05, 0) is 37.5 Å². The van der Waals surface area contributed by atoms with Crippen molar-refractivity contribution in [3.63, 3.8) is 0 Å². The second-order valence-corrected chi connectivity index (χ2v) is 5.87.